The summed E-state index contributed by atoms with van der Waals surface area (Å²) in [6.45, 7) is 2.01. The van der Waals surface area contributed by atoms with Crippen LogP contribution in [-0.2, 0) is 9.53 Å². The fraction of sp³-hybridized carbons (Fsp3) is 0.154. The Balaban J connectivity index is 2.49. The van der Waals surface area contributed by atoms with E-state index in [0.29, 0.717) is 28.9 Å². The van der Waals surface area contributed by atoms with Gasteiger partial charge in [-0.15, -0.1) is 0 Å². The number of nitrogens with zero attached hydrogens (tertiary/aromatic N) is 2. The van der Waals surface area contributed by atoms with Crippen LogP contribution in [0.1, 0.15) is 12.5 Å². The maximum absolute atomic E-state index is 11.2. The maximum Gasteiger partial charge on any atom is 0.384 e. The highest BCUT2D eigenvalue weighted by molar-refractivity contribution is 5.93. The Bertz CT molecular complexity index is 656. The maximum atomic E-state index is 11.2. The molecule has 18 heavy (non-hydrogen) atoms. The van der Waals surface area contributed by atoms with E-state index in [4.69, 9.17) is 10.5 Å². The lowest BCUT2D eigenvalue weighted by molar-refractivity contribution is -0.136. The van der Waals surface area contributed by atoms with Gasteiger partial charge in [-0.05, 0) is 19.1 Å². The first kappa shape index (κ1) is 11.9. The van der Waals surface area contributed by atoms with Crippen LogP contribution >= 0.6 is 0 Å². The van der Waals surface area contributed by atoms with Crippen molar-refractivity contribution in [1.29, 1.82) is 0 Å². The topological polar surface area (TPSA) is 78.1 Å². The summed E-state index contributed by atoms with van der Waals surface area (Å²) in [6.07, 6.45) is 3.14. The van der Waals surface area contributed by atoms with Gasteiger partial charge in [-0.25, -0.2) is 4.79 Å². The fourth-order valence-corrected chi connectivity index (χ4v) is 1.46. The number of aromatic nitrogens is 2. The van der Waals surface area contributed by atoms with Crippen LogP contribution in [0.15, 0.2) is 24.5 Å². The molecular weight excluding hydrogens is 230 g/mol. The summed E-state index contributed by atoms with van der Waals surface area (Å²) < 4.78 is 4.73. The Kier molecular flexibility index (Phi) is 3.39. The van der Waals surface area contributed by atoms with E-state index >= 15 is 0 Å². The van der Waals surface area contributed by atoms with Crippen LogP contribution in [0.25, 0.3) is 11.0 Å². The number of hydrogen-bond acceptors (Lipinski definition) is 5. The Hall–Kier alpha value is -2.61. The zero-order valence-corrected chi connectivity index (χ0v) is 9.80. The van der Waals surface area contributed by atoms with Crippen LogP contribution in [0.5, 0.6) is 0 Å². The summed E-state index contributed by atoms with van der Waals surface area (Å²) in [4.78, 5) is 19.5. The first-order valence-corrected chi connectivity index (χ1v) is 5.40. The second-order valence-electron chi connectivity index (χ2n) is 3.42. The molecule has 2 aromatic rings. The van der Waals surface area contributed by atoms with Gasteiger partial charge in [-0.1, -0.05) is 5.92 Å². The van der Waals surface area contributed by atoms with Gasteiger partial charge in [0.05, 0.1) is 17.7 Å². The van der Waals surface area contributed by atoms with Gasteiger partial charge in [-0.2, -0.15) is 0 Å². The molecule has 0 aliphatic heterocycles. The minimum Gasteiger partial charge on any atom is -0.456 e. The van der Waals surface area contributed by atoms with Crippen LogP contribution in [0.3, 0.4) is 0 Å². The molecule has 1 aromatic carbocycles. The Morgan fingerprint density at radius 3 is 2.94 bits per heavy atom. The van der Waals surface area contributed by atoms with E-state index in [2.05, 4.69) is 21.8 Å². The molecule has 2 N–H and O–H groups in total. The van der Waals surface area contributed by atoms with Gasteiger partial charge in [0, 0.05) is 24.0 Å². The van der Waals surface area contributed by atoms with Crippen LogP contribution in [0.2, 0.25) is 0 Å². The van der Waals surface area contributed by atoms with Crippen molar-refractivity contribution >= 4 is 22.7 Å². The van der Waals surface area contributed by atoms with E-state index in [-0.39, 0.29) is 0 Å². The molecule has 2 rings (SSSR count). The van der Waals surface area contributed by atoms with Gasteiger partial charge in [0.1, 0.15) is 5.52 Å². The lowest BCUT2D eigenvalue weighted by Crippen LogP contribution is -2.00. The first-order valence-electron chi connectivity index (χ1n) is 5.40. The number of rotatable bonds is 1. The molecular formula is C13H11N3O2. The third-order valence-electron chi connectivity index (χ3n) is 2.24. The molecule has 0 spiro atoms. The van der Waals surface area contributed by atoms with E-state index in [1.807, 2.05) is 0 Å². The Labute approximate surface area is 104 Å². The second kappa shape index (κ2) is 5.15. The predicted molar refractivity (Wildman–Crippen MR) is 67.5 cm³/mol. The molecule has 0 unspecified atom stereocenters. The minimum atomic E-state index is -0.585. The number of nitrogens with two attached hydrogens (primary N) is 1. The third kappa shape index (κ3) is 2.38. The summed E-state index contributed by atoms with van der Waals surface area (Å²) in [5, 5.41) is 0. The van der Waals surface area contributed by atoms with Crippen LogP contribution < -0.4 is 5.73 Å². The molecule has 0 aliphatic carbocycles. The average Bonchev–Trinajstić information content (AvgIpc) is 2.38. The average molecular weight is 241 g/mol. The Morgan fingerprint density at radius 1 is 1.39 bits per heavy atom. The standard InChI is InChI=1S/C13H11N3O2/c1-2-18-12(17)6-3-9-10(14)4-5-11-13(9)16-8-7-15-11/h4-5,7-8H,2,14H2,1H3. The number of nitrogen functional groups attached to an aromatic ring is 1. The van der Waals surface area contributed by atoms with Gasteiger partial charge in [0.15, 0.2) is 0 Å². The molecule has 0 amide bonds. The third-order valence-corrected chi connectivity index (χ3v) is 2.24. The second-order valence-corrected chi connectivity index (χ2v) is 3.42. The molecule has 0 atom stereocenters. The number of carbonyl (C=O) groups excluding carboxylic acids is 1. The molecule has 90 valence electrons. The van der Waals surface area contributed by atoms with E-state index in [9.17, 15) is 4.79 Å². The molecule has 0 radical (unpaired) electrons. The zero-order valence-electron chi connectivity index (χ0n) is 9.80. The molecule has 5 heteroatoms. The molecule has 0 bridgehead atoms. The van der Waals surface area contributed by atoms with Gasteiger partial charge < -0.3 is 10.5 Å². The SMILES string of the molecule is CCOC(=O)C#Cc1c(N)ccc2nccnc12. The van der Waals surface area contributed by atoms with Crippen molar-refractivity contribution in [1.82, 2.24) is 9.97 Å². The number of benzene rings is 1. The van der Waals surface area contributed by atoms with Crippen molar-refractivity contribution in [2.45, 2.75) is 6.92 Å². The van der Waals surface area contributed by atoms with Gasteiger partial charge in [0.25, 0.3) is 0 Å². The lowest BCUT2D eigenvalue weighted by Gasteiger charge is -2.01. The highest BCUT2D eigenvalue weighted by Gasteiger charge is 2.05. The number of esters is 1. The quantitative estimate of drug-likeness (QED) is 0.460. The molecule has 0 aliphatic rings. The number of ether oxygens (including phenoxy) is 1. The van der Waals surface area contributed by atoms with Gasteiger partial charge >= 0.3 is 5.97 Å². The summed E-state index contributed by atoms with van der Waals surface area (Å²) in [7, 11) is 0. The summed E-state index contributed by atoms with van der Waals surface area (Å²) in [5.41, 5.74) is 8.04. The van der Waals surface area contributed by atoms with Crippen molar-refractivity contribution in [3.8, 4) is 11.8 Å². The van der Waals surface area contributed by atoms with Crippen LogP contribution in [-0.4, -0.2) is 22.5 Å². The number of hydrogen-bond donors (Lipinski definition) is 1. The zero-order chi connectivity index (χ0) is 13.0. The smallest absolute Gasteiger partial charge is 0.384 e. The molecule has 0 saturated carbocycles. The summed E-state index contributed by atoms with van der Waals surface area (Å²) in [6, 6.07) is 3.44. The van der Waals surface area contributed by atoms with Crippen molar-refractivity contribution in [2.24, 2.45) is 0 Å². The van der Waals surface area contributed by atoms with Crippen molar-refractivity contribution in [3.05, 3.63) is 30.1 Å². The van der Waals surface area contributed by atoms with Crippen molar-refractivity contribution < 1.29 is 9.53 Å². The highest BCUT2D eigenvalue weighted by Crippen LogP contribution is 2.19. The van der Waals surface area contributed by atoms with Crippen molar-refractivity contribution in [3.63, 3.8) is 0 Å². The van der Waals surface area contributed by atoms with Crippen LogP contribution in [0, 0.1) is 11.8 Å². The van der Waals surface area contributed by atoms with Crippen molar-refractivity contribution in [2.75, 3.05) is 12.3 Å². The van der Waals surface area contributed by atoms with Crippen LogP contribution in [0.4, 0.5) is 5.69 Å². The normalized spacial score (nSPS) is 9.61. The van der Waals surface area contributed by atoms with E-state index < -0.39 is 5.97 Å². The highest BCUT2D eigenvalue weighted by atomic mass is 16.5. The molecule has 1 aromatic heterocycles. The van der Waals surface area contributed by atoms with E-state index in [0.717, 1.165) is 0 Å². The number of carbonyl (C=O) groups is 1. The molecule has 1 heterocycles. The first-order chi connectivity index (χ1) is 8.72. The molecule has 0 fully saturated rings. The lowest BCUT2D eigenvalue weighted by atomic mass is 10.1. The largest absolute Gasteiger partial charge is 0.456 e. The summed E-state index contributed by atoms with van der Waals surface area (Å²) in [5.74, 6) is 4.48. The monoisotopic (exact) mass is 241 g/mol. The Morgan fingerprint density at radius 2 is 2.17 bits per heavy atom. The molecule has 5 nitrogen and oxygen atoms in total. The van der Waals surface area contributed by atoms with Gasteiger partial charge in [0.2, 0.25) is 0 Å². The number of fused-ring (bicyclic) bond motifs is 1. The van der Waals surface area contributed by atoms with Gasteiger partial charge in [-0.3, -0.25) is 9.97 Å². The molecule has 0 saturated heterocycles. The summed E-state index contributed by atoms with van der Waals surface area (Å²) >= 11 is 0. The van der Waals surface area contributed by atoms with E-state index in [1.54, 1.807) is 31.5 Å². The number of anilines is 1. The predicted octanol–water partition coefficient (Wildman–Crippen LogP) is 1.13. The van der Waals surface area contributed by atoms with E-state index in [1.165, 1.54) is 0 Å². The fourth-order valence-electron chi connectivity index (χ4n) is 1.46. The minimum absolute atomic E-state index is 0.290.